The van der Waals surface area contributed by atoms with Crippen molar-refractivity contribution >= 4 is 11.6 Å². The Hall–Kier alpha value is -2.55. The molecule has 0 aliphatic carbocycles. The van der Waals surface area contributed by atoms with Crippen LogP contribution in [0, 0.1) is 6.92 Å². The van der Waals surface area contributed by atoms with E-state index in [2.05, 4.69) is 20.1 Å². The van der Waals surface area contributed by atoms with E-state index in [0.717, 1.165) is 12.8 Å². The summed E-state index contributed by atoms with van der Waals surface area (Å²) >= 11 is 0. The highest BCUT2D eigenvalue weighted by atomic mass is 19.3. The number of ether oxygens (including phenoxy) is 2. The van der Waals surface area contributed by atoms with Gasteiger partial charge in [0, 0.05) is 25.5 Å². The first-order valence-corrected chi connectivity index (χ1v) is 7.88. The Labute approximate surface area is 142 Å². The summed E-state index contributed by atoms with van der Waals surface area (Å²) in [6.07, 6.45) is 4.70. The summed E-state index contributed by atoms with van der Waals surface area (Å²) in [6.45, 7) is 0.197. The highest BCUT2D eigenvalue weighted by molar-refractivity contribution is 6.04. The molecule has 25 heavy (non-hydrogen) atoms. The van der Waals surface area contributed by atoms with E-state index in [0.29, 0.717) is 30.2 Å². The van der Waals surface area contributed by atoms with E-state index >= 15 is 0 Å². The summed E-state index contributed by atoms with van der Waals surface area (Å²) in [6, 6.07) is 2.93. The zero-order valence-corrected chi connectivity index (χ0v) is 13.6. The molecule has 0 aromatic carbocycles. The van der Waals surface area contributed by atoms with Crippen molar-refractivity contribution in [3.63, 3.8) is 0 Å². The molecule has 0 unspecified atom stereocenters. The third kappa shape index (κ3) is 4.30. The van der Waals surface area contributed by atoms with Gasteiger partial charge in [-0.15, -0.1) is 0 Å². The Morgan fingerprint density at radius 1 is 1.40 bits per heavy atom. The minimum atomic E-state index is -2.94. The minimum Gasteiger partial charge on any atom is -0.417 e. The van der Waals surface area contributed by atoms with E-state index in [-0.39, 0.29) is 17.8 Å². The zero-order chi connectivity index (χ0) is 17.8. The van der Waals surface area contributed by atoms with Gasteiger partial charge in [-0.3, -0.25) is 9.48 Å². The van der Waals surface area contributed by atoms with Gasteiger partial charge in [0.05, 0.1) is 29.2 Å². The first-order chi connectivity index (χ1) is 12.0. The first kappa shape index (κ1) is 17.3. The Morgan fingerprint density at radius 2 is 2.16 bits per heavy atom. The van der Waals surface area contributed by atoms with Crippen LogP contribution in [-0.4, -0.2) is 40.5 Å². The van der Waals surface area contributed by atoms with E-state index in [1.807, 2.05) is 4.68 Å². The van der Waals surface area contributed by atoms with Gasteiger partial charge in [-0.1, -0.05) is 0 Å². The largest absolute Gasteiger partial charge is 0.417 e. The van der Waals surface area contributed by atoms with E-state index < -0.39 is 6.61 Å². The van der Waals surface area contributed by atoms with Crippen molar-refractivity contribution in [1.82, 2.24) is 14.8 Å². The molecule has 1 aliphatic heterocycles. The van der Waals surface area contributed by atoms with Gasteiger partial charge in [0.2, 0.25) is 5.88 Å². The lowest BCUT2D eigenvalue weighted by Gasteiger charge is -2.22. The number of halogens is 2. The zero-order valence-electron chi connectivity index (χ0n) is 13.6. The Kier molecular flexibility index (Phi) is 5.22. The van der Waals surface area contributed by atoms with Crippen LogP contribution >= 0.6 is 0 Å². The van der Waals surface area contributed by atoms with Crippen LogP contribution in [0.2, 0.25) is 0 Å². The van der Waals surface area contributed by atoms with Crippen LogP contribution < -0.4 is 10.1 Å². The maximum absolute atomic E-state index is 12.4. The second-order valence-electron chi connectivity index (χ2n) is 5.67. The monoisotopic (exact) mass is 352 g/mol. The summed E-state index contributed by atoms with van der Waals surface area (Å²) in [7, 11) is 0. The number of amides is 1. The predicted molar refractivity (Wildman–Crippen MR) is 84.9 cm³/mol. The molecule has 0 bridgehead atoms. The summed E-state index contributed by atoms with van der Waals surface area (Å²) in [4.78, 5) is 16.1. The molecular weight excluding hydrogens is 334 g/mol. The number of alkyl halides is 2. The number of rotatable bonds is 5. The molecule has 3 rings (SSSR count). The molecule has 3 heterocycles. The number of carbonyl (C=O) groups is 1. The van der Waals surface area contributed by atoms with E-state index in [1.54, 1.807) is 13.1 Å². The second-order valence-corrected chi connectivity index (χ2v) is 5.67. The van der Waals surface area contributed by atoms with Crippen molar-refractivity contribution in [3.8, 4) is 5.88 Å². The van der Waals surface area contributed by atoms with Gasteiger partial charge in [-0.25, -0.2) is 4.98 Å². The number of carbonyl (C=O) groups excluding carboxylic acids is 1. The van der Waals surface area contributed by atoms with Crippen molar-refractivity contribution in [1.29, 1.82) is 0 Å². The molecule has 1 fully saturated rings. The third-order valence-corrected chi connectivity index (χ3v) is 3.93. The van der Waals surface area contributed by atoms with Crippen LogP contribution in [0.5, 0.6) is 5.88 Å². The number of nitrogens with zero attached hydrogens (tertiary/aromatic N) is 3. The molecule has 0 radical (unpaired) electrons. The standard InChI is InChI=1S/C16H18F2N4O3/c1-10-13(9-22(21-10)12-4-6-24-7-5-12)15(23)20-11-2-3-14(19-8-11)25-16(17)18/h2-3,8-9,12,16H,4-7H2,1H3,(H,20,23). The Balaban J connectivity index is 1.67. The first-order valence-electron chi connectivity index (χ1n) is 7.88. The van der Waals surface area contributed by atoms with Crippen molar-refractivity contribution < 1.29 is 23.0 Å². The van der Waals surface area contributed by atoms with E-state index in [4.69, 9.17) is 4.74 Å². The molecule has 0 saturated carbocycles. The number of nitrogens with one attached hydrogen (secondary N) is 1. The highest BCUT2D eigenvalue weighted by Gasteiger charge is 2.20. The summed E-state index contributed by atoms with van der Waals surface area (Å²) in [5.41, 5.74) is 1.46. The van der Waals surface area contributed by atoms with Crippen molar-refractivity contribution in [2.75, 3.05) is 18.5 Å². The van der Waals surface area contributed by atoms with Crippen molar-refractivity contribution in [2.45, 2.75) is 32.4 Å². The van der Waals surface area contributed by atoms with Crippen LogP contribution in [0.1, 0.15) is 34.9 Å². The molecule has 1 saturated heterocycles. The summed E-state index contributed by atoms with van der Waals surface area (Å²) in [5.74, 6) is -0.545. The molecule has 2 aromatic rings. The molecule has 0 spiro atoms. The van der Waals surface area contributed by atoms with Crippen molar-refractivity contribution in [3.05, 3.63) is 35.8 Å². The summed E-state index contributed by atoms with van der Waals surface area (Å²) < 4.78 is 35.5. The number of aromatic nitrogens is 3. The van der Waals surface area contributed by atoms with Crippen LogP contribution in [0.15, 0.2) is 24.5 Å². The van der Waals surface area contributed by atoms with Gasteiger partial charge in [0.25, 0.3) is 5.91 Å². The molecule has 7 nitrogen and oxygen atoms in total. The number of aryl methyl sites for hydroxylation is 1. The topological polar surface area (TPSA) is 78.3 Å². The van der Waals surface area contributed by atoms with Crippen LogP contribution in [0.25, 0.3) is 0 Å². The molecule has 9 heteroatoms. The molecule has 1 aliphatic rings. The number of anilines is 1. The fraction of sp³-hybridized carbons (Fsp3) is 0.438. The SMILES string of the molecule is Cc1nn(C2CCOCC2)cc1C(=O)Nc1ccc(OC(F)F)nc1. The summed E-state index contributed by atoms with van der Waals surface area (Å²) in [5, 5.41) is 7.10. The van der Waals surface area contributed by atoms with Crippen LogP contribution in [0.4, 0.5) is 14.5 Å². The molecule has 2 aromatic heterocycles. The normalized spacial score (nSPS) is 15.4. The Bertz CT molecular complexity index is 727. The Morgan fingerprint density at radius 3 is 2.80 bits per heavy atom. The number of hydrogen-bond acceptors (Lipinski definition) is 5. The fourth-order valence-electron chi connectivity index (χ4n) is 2.65. The van der Waals surface area contributed by atoms with Gasteiger partial charge in [0.1, 0.15) is 0 Å². The molecular formula is C16H18F2N4O3. The average molecular weight is 352 g/mol. The molecule has 0 atom stereocenters. The lowest BCUT2D eigenvalue weighted by atomic mass is 10.1. The number of pyridine rings is 1. The van der Waals surface area contributed by atoms with Crippen molar-refractivity contribution in [2.24, 2.45) is 0 Å². The average Bonchev–Trinajstić information content (AvgIpc) is 2.99. The van der Waals surface area contributed by atoms with Gasteiger partial charge >= 0.3 is 6.61 Å². The van der Waals surface area contributed by atoms with E-state index in [1.165, 1.54) is 18.3 Å². The predicted octanol–water partition coefficient (Wildman–Crippen LogP) is 2.79. The smallest absolute Gasteiger partial charge is 0.388 e. The molecule has 134 valence electrons. The second kappa shape index (κ2) is 7.56. The molecule has 1 N–H and O–H groups in total. The van der Waals surface area contributed by atoms with E-state index in [9.17, 15) is 13.6 Å². The minimum absolute atomic E-state index is 0.212. The van der Waals surface area contributed by atoms with Gasteiger partial charge in [-0.05, 0) is 25.8 Å². The highest BCUT2D eigenvalue weighted by Crippen LogP contribution is 2.22. The third-order valence-electron chi connectivity index (χ3n) is 3.93. The van der Waals surface area contributed by atoms with Gasteiger partial charge in [0.15, 0.2) is 0 Å². The lowest BCUT2D eigenvalue weighted by molar-refractivity contribution is -0.0528. The maximum Gasteiger partial charge on any atom is 0.388 e. The fourth-order valence-corrected chi connectivity index (χ4v) is 2.65. The van der Waals surface area contributed by atoms with Crippen LogP contribution in [-0.2, 0) is 4.74 Å². The quantitative estimate of drug-likeness (QED) is 0.895. The number of hydrogen-bond donors (Lipinski definition) is 1. The molecule has 1 amide bonds. The van der Waals surface area contributed by atoms with Crippen LogP contribution in [0.3, 0.4) is 0 Å². The van der Waals surface area contributed by atoms with Gasteiger partial charge < -0.3 is 14.8 Å². The van der Waals surface area contributed by atoms with Gasteiger partial charge in [-0.2, -0.15) is 13.9 Å². The maximum atomic E-state index is 12.4. The lowest BCUT2D eigenvalue weighted by Crippen LogP contribution is -2.20.